The predicted octanol–water partition coefficient (Wildman–Crippen LogP) is 1.13. The lowest BCUT2D eigenvalue weighted by molar-refractivity contribution is -0.144. The van der Waals surface area contributed by atoms with Crippen LogP contribution in [-0.2, 0) is 10.3 Å². The van der Waals surface area contributed by atoms with E-state index < -0.39 is 11.5 Å². The van der Waals surface area contributed by atoms with Crippen molar-refractivity contribution in [3.05, 3.63) is 48.8 Å². The third-order valence-electron chi connectivity index (χ3n) is 2.60. The number of carbonyl (C=O) groups is 1. The molecule has 5 heteroatoms. The molecule has 0 bridgehead atoms. The summed E-state index contributed by atoms with van der Waals surface area (Å²) in [5, 5.41) is 9.37. The standard InChI is InChI=1S/C11H11N3O2/c1-11(10(15)16,14-7-6-12-8-14)9-4-2-3-5-13-9/h2-8H,1H3,(H,15,16). The van der Waals surface area contributed by atoms with Crippen LogP contribution in [0.3, 0.4) is 0 Å². The number of imidazole rings is 1. The molecule has 0 spiro atoms. The van der Waals surface area contributed by atoms with Crippen molar-refractivity contribution in [1.29, 1.82) is 0 Å². The third kappa shape index (κ3) is 1.46. The topological polar surface area (TPSA) is 68.0 Å². The molecule has 0 aliphatic heterocycles. The Morgan fingerprint density at radius 2 is 2.25 bits per heavy atom. The van der Waals surface area contributed by atoms with Gasteiger partial charge in [0, 0.05) is 18.6 Å². The van der Waals surface area contributed by atoms with Crippen LogP contribution in [0.1, 0.15) is 12.6 Å². The van der Waals surface area contributed by atoms with E-state index in [1.807, 2.05) is 0 Å². The smallest absolute Gasteiger partial charge is 0.335 e. The molecule has 5 nitrogen and oxygen atoms in total. The summed E-state index contributed by atoms with van der Waals surface area (Å²) in [6.07, 6.45) is 6.21. The number of nitrogens with zero attached hydrogens (tertiary/aromatic N) is 3. The largest absolute Gasteiger partial charge is 0.479 e. The molecule has 0 radical (unpaired) electrons. The molecule has 82 valence electrons. The maximum absolute atomic E-state index is 11.4. The number of carboxylic acid groups (broad SMARTS) is 1. The van der Waals surface area contributed by atoms with Gasteiger partial charge in [-0.3, -0.25) is 4.98 Å². The first-order valence-corrected chi connectivity index (χ1v) is 4.79. The second-order valence-electron chi connectivity index (χ2n) is 3.56. The maximum Gasteiger partial charge on any atom is 0.335 e. The summed E-state index contributed by atoms with van der Waals surface area (Å²) in [5.74, 6) is -0.968. The van der Waals surface area contributed by atoms with Crippen LogP contribution in [0.25, 0.3) is 0 Å². The van der Waals surface area contributed by atoms with Gasteiger partial charge in [-0.15, -0.1) is 0 Å². The highest BCUT2D eigenvalue weighted by Crippen LogP contribution is 2.23. The van der Waals surface area contributed by atoms with Crippen LogP contribution in [0.15, 0.2) is 43.1 Å². The summed E-state index contributed by atoms with van der Waals surface area (Å²) >= 11 is 0. The molecule has 0 fully saturated rings. The fourth-order valence-electron chi connectivity index (χ4n) is 1.53. The SMILES string of the molecule is CC(C(=O)O)(c1ccccn1)n1ccnc1. The quantitative estimate of drug-likeness (QED) is 0.836. The van der Waals surface area contributed by atoms with Crippen molar-refractivity contribution in [3.8, 4) is 0 Å². The second kappa shape index (κ2) is 3.77. The van der Waals surface area contributed by atoms with Crippen molar-refractivity contribution in [1.82, 2.24) is 14.5 Å². The minimum atomic E-state index is -1.22. The molecular weight excluding hydrogens is 206 g/mol. The number of hydrogen-bond donors (Lipinski definition) is 1. The normalized spacial score (nSPS) is 14.3. The monoisotopic (exact) mass is 217 g/mol. The molecule has 2 aromatic rings. The highest BCUT2D eigenvalue weighted by atomic mass is 16.4. The highest BCUT2D eigenvalue weighted by molar-refractivity contribution is 5.80. The summed E-state index contributed by atoms with van der Waals surface area (Å²) in [7, 11) is 0. The van der Waals surface area contributed by atoms with Crippen molar-refractivity contribution in [2.75, 3.05) is 0 Å². The number of aromatic nitrogens is 3. The molecule has 1 atom stereocenters. The van der Waals surface area contributed by atoms with Gasteiger partial charge in [0.2, 0.25) is 0 Å². The molecule has 0 amide bonds. The van der Waals surface area contributed by atoms with Crippen LogP contribution in [0.4, 0.5) is 0 Å². The van der Waals surface area contributed by atoms with Crippen molar-refractivity contribution in [3.63, 3.8) is 0 Å². The van der Waals surface area contributed by atoms with E-state index in [2.05, 4.69) is 9.97 Å². The Labute approximate surface area is 92.4 Å². The van der Waals surface area contributed by atoms with E-state index in [0.29, 0.717) is 5.69 Å². The lowest BCUT2D eigenvalue weighted by Gasteiger charge is -2.25. The zero-order valence-electron chi connectivity index (χ0n) is 8.74. The summed E-state index contributed by atoms with van der Waals surface area (Å²) in [6.45, 7) is 1.60. The van der Waals surface area contributed by atoms with Gasteiger partial charge < -0.3 is 9.67 Å². The molecule has 0 aliphatic rings. The lowest BCUT2D eigenvalue weighted by atomic mass is 9.97. The molecule has 2 heterocycles. The van der Waals surface area contributed by atoms with E-state index in [4.69, 9.17) is 0 Å². The minimum absolute atomic E-state index is 0.473. The van der Waals surface area contributed by atoms with Gasteiger partial charge >= 0.3 is 5.97 Å². The molecule has 2 rings (SSSR count). The summed E-state index contributed by atoms with van der Waals surface area (Å²) in [6, 6.07) is 5.20. The zero-order valence-corrected chi connectivity index (χ0v) is 8.74. The van der Waals surface area contributed by atoms with Gasteiger partial charge in [-0.25, -0.2) is 9.78 Å². The first-order valence-electron chi connectivity index (χ1n) is 4.79. The number of aliphatic carboxylic acids is 1. The fraction of sp³-hybridized carbons (Fsp3) is 0.182. The molecule has 1 unspecified atom stereocenters. The fourth-order valence-corrected chi connectivity index (χ4v) is 1.53. The number of rotatable bonds is 3. The van der Waals surface area contributed by atoms with Gasteiger partial charge in [-0.2, -0.15) is 0 Å². The van der Waals surface area contributed by atoms with E-state index in [1.165, 1.54) is 10.9 Å². The molecular formula is C11H11N3O2. The molecule has 0 saturated heterocycles. The van der Waals surface area contributed by atoms with Crippen LogP contribution in [-0.4, -0.2) is 25.6 Å². The van der Waals surface area contributed by atoms with Gasteiger partial charge in [0.15, 0.2) is 5.54 Å². The summed E-state index contributed by atoms with van der Waals surface area (Å²) in [4.78, 5) is 19.4. The molecule has 1 N–H and O–H groups in total. The molecule has 2 aromatic heterocycles. The zero-order chi connectivity index (χ0) is 11.6. The van der Waals surface area contributed by atoms with Gasteiger partial charge in [0.05, 0.1) is 12.0 Å². The Morgan fingerprint density at radius 1 is 1.44 bits per heavy atom. The Morgan fingerprint density at radius 3 is 2.75 bits per heavy atom. The molecule has 0 aliphatic carbocycles. The maximum atomic E-state index is 11.4. The highest BCUT2D eigenvalue weighted by Gasteiger charge is 2.38. The van der Waals surface area contributed by atoms with Crippen molar-refractivity contribution < 1.29 is 9.90 Å². The molecule has 0 saturated carbocycles. The van der Waals surface area contributed by atoms with Gasteiger partial charge in [0.1, 0.15) is 0 Å². The first-order chi connectivity index (χ1) is 7.65. The first kappa shape index (κ1) is 10.4. The minimum Gasteiger partial charge on any atom is -0.479 e. The van der Waals surface area contributed by atoms with Crippen LogP contribution in [0.2, 0.25) is 0 Å². The van der Waals surface area contributed by atoms with Crippen LogP contribution in [0.5, 0.6) is 0 Å². The Hall–Kier alpha value is -2.17. The van der Waals surface area contributed by atoms with Crippen LogP contribution in [0, 0.1) is 0 Å². The summed E-state index contributed by atoms with van der Waals surface area (Å²) < 4.78 is 1.53. The predicted molar refractivity (Wildman–Crippen MR) is 56.8 cm³/mol. The van der Waals surface area contributed by atoms with Crippen LogP contribution < -0.4 is 0 Å². The van der Waals surface area contributed by atoms with Gasteiger partial charge in [-0.05, 0) is 19.1 Å². The number of pyridine rings is 1. The van der Waals surface area contributed by atoms with E-state index >= 15 is 0 Å². The second-order valence-corrected chi connectivity index (χ2v) is 3.56. The Bertz CT molecular complexity index is 481. The summed E-state index contributed by atoms with van der Waals surface area (Å²) in [5.41, 5.74) is -0.752. The molecule has 16 heavy (non-hydrogen) atoms. The number of hydrogen-bond acceptors (Lipinski definition) is 3. The Kier molecular flexibility index (Phi) is 2.44. The van der Waals surface area contributed by atoms with Crippen molar-refractivity contribution in [2.24, 2.45) is 0 Å². The average Bonchev–Trinajstić information content (AvgIpc) is 2.82. The van der Waals surface area contributed by atoms with E-state index in [0.717, 1.165) is 0 Å². The van der Waals surface area contributed by atoms with Crippen LogP contribution >= 0.6 is 0 Å². The number of carboxylic acids is 1. The van der Waals surface area contributed by atoms with E-state index in [9.17, 15) is 9.90 Å². The average molecular weight is 217 g/mol. The van der Waals surface area contributed by atoms with E-state index in [1.54, 1.807) is 43.7 Å². The van der Waals surface area contributed by atoms with Crippen molar-refractivity contribution >= 4 is 5.97 Å². The third-order valence-corrected chi connectivity index (χ3v) is 2.60. The van der Waals surface area contributed by atoms with Gasteiger partial charge in [-0.1, -0.05) is 6.07 Å². The Balaban J connectivity index is 2.58. The lowest BCUT2D eigenvalue weighted by Crippen LogP contribution is -2.40. The molecule has 0 aromatic carbocycles. The van der Waals surface area contributed by atoms with E-state index in [-0.39, 0.29) is 0 Å². The van der Waals surface area contributed by atoms with Gasteiger partial charge in [0.25, 0.3) is 0 Å². The van der Waals surface area contributed by atoms with Crippen molar-refractivity contribution in [2.45, 2.75) is 12.5 Å².